The maximum atomic E-state index is 12.1. The van der Waals surface area contributed by atoms with Crippen LogP contribution < -0.4 is 15.4 Å². The molecule has 0 aliphatic heterocycles. The van der Waals surface area contributed by atoms with Crippen molar-refractivity contribution in [3.63, 3.8) is 0 Å². The Labute approximate surface area is 262 Å². The molecule has 0 bridgehead atoms. The molecule has 0 radical (unpaired) electrons. The van der Waals surface area contributed by atoms with Crippen molar-refractivity contribution in [1.82, 2.24) is 19.9 Å². The summed E-state index contributed by atoms with van der Waals surface area (Å²) in [6.45, 7) is 10.7. The number of rotatable bonds is 13. The first-order valence-electron chi connectivity index (χ1n) is 13.8. The standard InChI is InChI=1S/C31H37ClN6O4.ClH/c1-20(2)18-41-37-21(3)22-7-6-8-24(15-22)42-27-10-9-23(16-25(27)32)36-30-29-26(34-19-35-30)11-13-38(29)14-12-33-28(39)17-31(4,5)40;/h6-11,13,15-16,19-20,40H,12,14,17-18H2,1-5H3,(H,33,39)(H,34,35,36);1H. The lowest BCUT2D eigenvalue weighted by Crippen LogP contribution is -2.33. The lowest BCUT2D eigenvalue weighted by molar-refractivity contribution is -0.124. The van der Waals surface area contributed by atoms with Crippen LogP contribution in [0.15, 0.2) is 66.2 Å². The van der Waals surface area contributed by atoms with Crippen molar-refractivity contribution in [1.29, 1.82) is 0 Å². The van der Waals surface area contributed by atoms with E-state index in [9.17, 15) is 9.90 Å². The summed E-state index contributed by atoms with van der Waals surface area (Å²) >= 11 is 6.61. The van der Waals surface area contributed by atoms with E-state index >= 15 is 0 Å². The maximum absolute atomic E-state index is 12.1. The Morgan fingerprint density at radius 2 is 1.95 bits per heavy atom. The third-order valence-electron chi connectivity index (χ3n) is 6.10. The second kappa shape index (κ2) is 15.0. The number of fused-ring (bicyclic) bond motifs is 1. The Hall–Kier alpha value is -3.86. The van der Waals surface area contributed by atoms with Gasteiger partial charge in [-0.25, -0.2) is 9.97 Å². The minimum Gasteiger partial charge on any atom is -0.456 e. The van der Waals surface area contributed by atoms with E-state index in [-0.39, 0.29) is 24.7 Å². The van der Waals surface area contributed by atoms with Crippen molar-refractivity contribution in [3.8, 4) is 11.5 Å². The van der Waals surface area contributed by atoms with Crippen LogP contribution in [0.2, 0.25) is 5.02 Å². The van der Waals surface area contributed by atoms with E-state index in [0.717, 1.165) is 28.0 Å². The highest BCUT2D eigenvalue weighted by Crippen LogP contribution is 2.33. The Bertz CT molecular complexity index is 1570. The molecule has 0 saturated carbocycles. The van der Waals surface area contributed by atoms with Crippen molar-refractivity contribution >= 4 is 58.2 Å². The first-order chi connectivity index (χ1) is 20.0. The van der Waals surface area contributed by atoms with Gasteiger partial charge in [0.1, 0.15) is 29.9 Å². The van der Waals surface area contributed by atoms with Crippen molar-refractivity contribution in [3.05, 3.63) is 71.6 Å². The Balaban J connectivity index is 0.00000506. The summed E-state index contributed by atoms with van der Waals surface area (Å²) in [5.74, 6) is 1.91. The van der Waals surface area contributed by atoms with Crippen LogP contribution in [0.3, 0.4) is 0 Å². The van der Waals surface area contributed by atoms with Gasteiger partial charge in [0.15, 0.2) is 5.82 Å². The van der Waals surface area contributed by atoms with E-state index in [1.807, 2.05) is 54.1 Å². The van der Waals surface area contributed by atoms with E-state index in [2.05, 4.69) is 39.6 Å². The average molecular weight is 630 g/mol. The number of aromatic nitrogens is 3. The highest BCUT2D eigenvalue weighted by atomic mass is 35.5. The Kier molecular flexibility index (Phi) is 11.8. The van der Waals surface area contributed by atoms with Crippen LogP contribution >= 0.6 is 24.0 Å². The molecule has 0 atom stereocenters. The first kappa shape index (κ1) is 33.6. The maximum Gasteiger partial charge on any atom is 0.222 e. The molecule has 230 valence electrons. The average Bonchev–Trinajstić information content (AvgIpc) is 3.33. The smallest absolute Gasteiger partial charge is 0.222 e. The van der Waals surface area contributed by atoms with E-state index in [4.69, 9.17) is 21.2 Å². The molecular formula is C31H38Cl2N6O4. The summed E-state index contributed by atoms with van der Waals surface area (Å²) in [5, 5.41) is 20.6. The molecule has 3 N–H and O–H groups in total. The minimum atomic E-state index is -1.06. The molecular weight excluding hydrogens is 591 g/mol. The predicted octanol–water partition coefficient (Wildman–Crippen LogP) is 6.72. The quantitative estimate of drug-likeness (QED) is 0.111. The molecule has 2 aromatic carbocycles. The second-order valence-corrected chi connectivity index (χ2v) is 11.5. The molecule has 1 amide bonds. The van der Waals surface area contributed by atoms with Crippen LogP contribution in [-0.4, -0.2) is 50.0 Å². The van der Waals surface area contributed by atoms with Gasteiger partial charge in [-0.2, -0.15) is 0 Å². The number of amides is 1. The van der Waals surface area contributed by atoms with Crippen LogP contribution in [0.1, 0.15) is 46.6 Å². The van der Waals surface area contributed by atoms with E-state index < -0.39 is 5.60 Å². The number of nitrogens with one attached hydrogen (secondary N) is 2. The first-order valence-corrected chi connectivity index (χ1v) is 14.2. The predicted molar refractivity (Wildman–Crippen MR) is 173 cm³/mol. The largest absolute Gasteiger partial charge is 0.456 e. The highest BCUT2D eigenvalue weighted by molar-refractivity contribution is 6.32. The van der Waals surface area contributed by atoms with Crippen LogP contribution in [0.4, 0.5) is 11.5 Å². The van der Waals surface area contributed by atoms with Crippen LogP contribution in [0.25, 0.3) is 11.0 Å². The molecule has 12 heteroatoms. The molecule has 43 heavy (non-hydrogen) atoms. The van der Waals surface area contributed by atoms with Crippen molar-refractivity contribution in [2.24, 2.45) is 11.1 Å². The summed E-state index contributed by atoms with van der Waals surface area (Å²) in [7, 11) is 0. The second-order valence-electron chi connectivity index (χ2n) is 11.1. The fraction of sp³-hybridized carbons (Fsp3) is 0.355. The number of oxime groups is 1. The van der Waals surface area contributed by atoms with Gasteiger partial charge in [-0.15, -0.1) is 12.4 Å². The molecule has 0 aliphatic rings. The number of hydrogen-bond donors (Lipinski definition) is 3. The van der Waals surface area contributed by atoms with Crippen LogP contribution in [0, 0.1) is 5.92 Å². The number of aliphatic hydroxyl groups is 1. The third kappa shape index (κ3) is 9.84. The zero-order chi connectivity index (χ0) is 30.3. The fourth-order valence-electron chi connectivity index (χ4n) is 4.13. The monoisotopic (exact) mass is 628 g/mol. The molecule has 0 fully saturated rings. The summed E-state index contributed by atoms with van der Waals surface area (Å²) in [6, 6.07) is 14.9. The lowest BCUT2D eigenvalue weighted by Gasteiger charge is -2.16. The third-order valence-corrected chi connectivity index (χ3v) is 6.40. The van der Waals surface area contributed by atoms with Crippen molar-refractivity contribution in [2.45, 2.75) is 53.2 Å². The molecule has 0 spiro atoms. The van der Waals surface area contributed by atoms with Gasteiger partial charge in [0.2, 0.25) is 5.91 Å². The SMILES string of the molecule is CC(=NOCC(C)C)c1cccc(Oc2ccc(Nc3ncnc4ccn(CCNC(=O)CC(C)(C)O)c34)cc2Cl)c1.Cl. The van der Waals surface area contributed by atoms with Gasteiger partial charge in [-0.3, -0.25) is 4.79 Å². The molecule has 0 unspecified atom stereocenters. The molecule has 0 saturated heterocycles. The fourth-order valence-corrected chi connectivity index (χ4v) is 4.35. The molecule has 0 aliphatic carbocycles. The van der Waals surface area contributed by atoms with Crippen LogP contribution in [-0.2, 0) is 16.2 Å². The van der Waals surface area contributed by atoms with Gasteiger partial charge < -0.3 is 29.9 Å². The number of carbonyl (C=O) groups is 1. The Morgan fingerprint density at radius 1 is 1.16 bits per heavy atom. The number of anilines is 2. The number of nitrogens with zero attached hydrogens (tertiary/aromatic N) is 4. The normalized spacial score (nSPS) is 11.8. The summed E-state index contributed by atoms with van der Waals surface area (Å²) < 4.78 is 8.05. The highest BCUT2D eigenvalue weighted by Gasteiger charge is 2.18. The van der Waals surface area contributed by atoms with Gasteiger partial charge in [-0.05, 0) is 63.1 Å². The summed E-state index contributed by atoms with van der Waals surface area (Å²) in [5.41, 5.74) is 2.85. The lowest BCUT2D eigenvalue weighted by atomic mass is 10.1. The molecule has 10 nitrogen and oxygen atoms in total. The van der Waals surface area contributed by atoms with Crippen molar-refractivity contribution in [2.75, 3.05) is 18.5 Å². The number of ether oxygens (including phenoxy) is 1. The van der Waals surface area contributed by atoms with Gasteiger partial charge >= 0.3 is 0 Å². The Morgan fingerprint density at radius 3 is 2.67 bits per heavy atom. The minimum absolute atomic E-state index is 0. The summed E-state index contributed by atoms with van der Waals surface area (Å²) in [6.07, 6.45) is 3.42. The number of hydrogen-bond acceptors (Lipinski definition) is 8. The number of halogens is 2. The zero-order valence-corrected chi connectivity index (χ0v) is 26.5. The molecule has 4 aromatic rings. The van der Waals surface area contributed by atoms with Gasteiger partial charge in [0.25, 0.3) is 0 Å². The van der Waals surface area contributed by atoms with Gasteiger partial charge in [0.05, 0.1) is 28.3 Å². The number of carbonyl (C=O) groups excluding carboxylic acids is 1. The molecule has 2 heterocycles. The van der Waals surface area contributed by atoms with E-state index in [0.29, 0.717) is 48.0 Å². The molecule has 4 rings (SSSR count). The number of benzene rings is 2. The van der Waals surface area contributed by atoms with Gasteiger partial charge in [-0.1, -0.05) is 42.7 Å². The van der Waals surface area contributed by atoms with E-state index in [1.165, 1.54) is 6.33 Å². The topological polar surface area (TPSA) is 123 Å². The van der Waals surface area contributed by atoms with E-state index in [1.54, 1.807) is 26.0 Å². The summed E-state index contributed by atoms with van der Waals surface area (Å²) in [4.78, 5) is 26.3. The van der Waals surface area contributed by atoms with Crippen LogP contribution in [0.5, 0.6) is 11.5 Å². The zero-order valence-electron chi connectivity index (χ0n) is 24.9. The molecule has 2 aromatic heterocycles. The van der Waals surface area contributed by atoms with Gasteiger partial charge in [0, 0.05) is 30.5 Å². The van der Waals surface area contributed by atoms with Crippen molar-refractivity contribution < 1.29 is 19.5 Å².